The molecule has 0 aromatic heterocycles. The summed E-state index contributed by atoms with van der Waals surface area (Å²) in [7, 11) is 0. The monoisotopic (exact) mass is 316 g/mol. The molecule has 0 N–H and O–H groups in total. The molecule has 114 valence electrons. The van der Waals surface area contributed by atoms with E-state index in [1.54, 1.807) is 43.3 Å². The standard InChI is InChI=1S/C18H17ClO3/c1-2-22-18(21)16-6-4-3-5-15(16)17(20)12-9-13-7-10-14(19)11-8-13/h3-8,10-11H,2,9,12H2,1H3. The SMILES string of the molecule is CCOC(=O)c1ccccc1C(=O)CCc1ccc(Cl)cc1. The van der Waals surface area contributed by atoms with Gasteiger partial charge in [-0.3, -0.25) is 4.79 Å². The van der Waals surface area contributed by atoms with Gasteiger partial charge in [-0.25, -0.2) is 4.79 Å². The molecule has 0 heterocycles. The Balaban J connectivity index is 2.09. The maximum Gasteiger partial charge on any atom is 0.338 e. The highest BCUT2D eigenvalue weighted by molar-refractivity contribution is 6.30. The van der Waals surface area contributed by atoms with E-state index in [-0.39, 0.29) is 12.4 Å². The molecule has 0 unspecified atom stereocenters. The number of esters is 1. The van der Waals surface area contributed by atoms with Crippen LogP contribution in [-0.2, 0) is 11.2 Å². The maximum atomic E-state index is 12.4. The Morgan fingerprint density at radius 3 is 2.27 bits per heavy atom. The van der Waals surface area contributed by atoms with Crippen molar-refractivity contribution >= 4 is 23.4 Å². The summed E-state index contributed by atoms with van der Waals surface area (Å²) in [6.45, 7) is 2.02. The lowest BCUT2D eigenvalue weighted by atomic mass is 9.98. The minimum absolute atomic E-state index is 0.0707. The lowest BCUT2D eigenvalue weighted by Crippen LogP contribution is -2.12. The summed E-state index contributed by atoms with van der Waals surface area (Å²) in [6, 6.07) is 14.1. The van der Waals surface area contributed by atoms with Gasteiger partial charge in [0.25, 0.3) is 0 Å². The molecule has 0 bridgehead atoms. The summed E-state index contributed by atoms with van der Waals surface area (Å²) in [4.78, 5) is 24.3. The quantitative estimate of drug-likeness (QED) is 0.588. The molecule has 0 spiro atoms. The van der Waals surface area contributed by atoms with E-state index in [9.17, 15) is 9.59 Å². The van der Waals surface area contributed by atoms with E-state index in [1.807, 2.05) is 12.1 Å². The molecule has 0 aliphatic carbocycles. The van der Waals surface area contributed by atoms with E-state index in [1.165, 1.54) is 0 Å². The van der Waals surface area contributed by atoms with Crippen molar-refractivity contribution in [3.8, 4) is 0 Å². The van der Waals surface area contributed by atoms with Gasteiger partial charge in [0.05, 0.1) is 12.2 Å². The topological polar surface area (TPSA) is 43.4 Å². The fourth-order valence-electron chi connectivity index (χ4n) is 2.16. The van der Waals surface area contributed by atoms with Gasteiger partial charge in [-0.1, -0.05) is 41.9 Å². The van der Waals surface area contributed by atoms with Gasteiger partial charge >= 0.3 is 5.97 Å². The lowest BCUT2D eigenvalue weighted by molar-refractivity contribution is 0.0523. The van der Waals surface area contributed by atoms with Crippen LogP contribution in [0.3, 0.4) is 0 Å². The summed E-state index contributed by atoms with van der Waals surface area (Å²) in [5, 5.41) is 0.669. The molecule has 0 saturated heterocycles. The second-order valence-corrected chi connectivity index (χ2v) is 5.25. The van der Waals surface area contributed by atoms with Gasteiger partial charge in [0.2, 0.25) is 0 Å². The van der Waals surface area contributed by atoms with E-state index in [0.717, 1.165) is 5.56 Å². The lowest BCUT2D eigenvalue weighted by Gasteiger charge is -2.08. The minimum atomic E-state index is -0.460. The fraction of sp³-hybridized carbons (Fsp3) is 0.222. The van der Waals surface area contributed by atoms with Crippen molar-refractivity contribution in [3.05, 3.63) is 70.2 Å². The van der Waals surface area contributed by atoms with E-state index in [0.29, 0.717) is 29.0 Å². The first kappa shape index (κ1) is 16.2. The molecule has 4 heteroatoms. The van der Waals surface area contributed by atoms with Gasteiger partial charge in [0.1, 0.15) is 0 Å². The van der Waals surface area contributed by atoms with Crippen LogP contribution in [-0.4, -0.2) is 18.4 Å². The first-order valence-electron chi connectivity index (χ1n) is 7.15. The molecule has 3 nitrogen and oxygen atoms in total. The number of ketones is 1. The molecule has 2 aromatic rings. The summed E-state index contributed by atoms with van der Waals surface area (Å²) in [5.41, 5.74) is 1.77. The first-order chi connectivity index (χ1) is 10.6. The molecule has 0 amide bonds. The van der Waals surface area contributed by atoms with Crippen molar-refractivity contribution in [3.63, 3.8) is 0 Å². The second kappa shape index (κ2) is 7.76. The number of hydrogen-bond acceptors (Lipinski definition) is 3. The van der Waals surface area contributed by atoms with Crippen molar-refractivity contribution in [2.45, 2.75) is 19.8 Å². The Labute approximate surface area is 134 Å². The van der Waals surface area contributed by atoms with Crippen LogP contribution in [0.1, 0.15) is 39.6 Å². The highest BCUT2D eigenvalue weighted by Gasteiger charge is 2.17. The molecular weight excluding hydrogens is 300 g/mol. The smallest absolute Gasteiger partial charge is 0.338 e. The normalized spacial score (nSPS) is 10.3. The first-order valence-corrected chi connectivity index (χ1v) is 7.53. The average Bonchev–Trinajstić information content (AvgIpc) is 2.54. The third kappa shape index (κ3) is 4.18. The summed E-state index contributed by atoms with van der Waals surface area (Å²) >= 11 is 5.84. The number of rotatable bonds is 6. The van der Waals surface area contributed by atoms with Crippen molar-refractivity contribution in [2.75, 3.05) is 6.61 Å². The van der Waals surface area contributed by atoms with Crippen LogP contribution in [0.15, 0.2) is 48.5 Å². The van der Waals surface area contributed by atoms with Crippen LogP contribution >= 0.6 is 11.6 Å². The zero-order valence-corrected chi connectivity index (χ0v) is 13.1. The number of aryl methyl sites for hydroxylation is 1. The number of Topliss-reactive ketones (excluding diaryl/α,β-unsaturated/α-hetero) is 1. The van der Waals surface area contributed by atoms with Crippen molar-refractivity contribution < 1.29 is 14.3 Å². The maximum absolute atomic E-state index is 12.4. The van der Waals surface area contributed by atoms with Crippen LogP contribution in [0.4, 0.5) is 0 Å². The van der Waals surface area contributed by atoms with Crippen molar-refractivity contribution in [1.29, 1.82) is 0 Å². The number of carbonyl (C=O) groups is 2. The van der Waals surface area contributed by atoms with Crippen LogP contribution in [0.25, 0.3) is 0 Å². The Morgan fingerprint density at radius 2 is 1.64 bits per heavy atom. The molecule has 0 radical (unpaired) electrons. The summed E-state index contributed by atoms with van der Waals surface area (Å²) < 4.78 is 4.99. The Morgan fingerprint density at radius 1 is 1.00 bits per heavy atom. The fourth-order valence-corrected chi connectivity index (χ4v) is 2.28. The van der Waals surface area contributed by atoms with Crippen LogP contribution < -0.4 is 0 Å². The average molecular weight is 317 g/mol. The highest BCUT2D eigenvalue weighted by atomic mass is 35.5. The van der Waals surface area contributed by atoms with Crippen LogP contribution in [0.2, 0.25) is 5.02 Å². The van der Waals surface area contributed by atoms with Crippen LogP contribution in [0, 0.1) is 0 Å². The van der Waals surface area contributed by atoms with Gasteiger partial charge in [-0.2, -0.15) is 0 Å². The second-order valence-electron chi connectivity index (χ2n) is 4.82. The molecule has 0 atom stereocenters. The van der Waals surface area contributed by atoms with Crippen molar-refractivity contribution in [2.24, 2.45) is 0 Å². The zero-order valence-electron chi connectivity index (χ0n) is 12.3. The van der Waals surface area contributed by atoms with Gasteiger partial charge < -0.3 is 4.74 Å². The zero-order chi connectivity index (χ0) is 15.9. The Hall–Kier alpha value is -2.13. The third-order valence-corrected chi connectivity index (χ3v) is 3.53. The van der Waals surface area contributed by atoms with Crippen LogP contribution in [0.5, 0.6) is 0 Å². The van der Waals surface area contributed by atoms with E-state index in [2.05, 4.69) is 0 Å². The van der Waals surface area contributed by atoms with Gasteiger partial charge in [0, 0.05) is 17.0 Å². The van der Waals surface area contributed by atoms with E-state index in [4.69, 9.17) is 16.3 Å². The molecule has 0 saturated carbocycles. The van der Waals surface area contributed by atoms with Crippen molar-refractivity contribution in [1.82, 2.24) is 0 Å². The number of carbonyl (C=O) groups excluding carboxylic acids is 2. The Bertz CT molecular complexity index is 662. The predicted molar refractivity (Wildman–Crippen MR) is 86.5 cm³/mol. The number of halogens is 1. The van der Waals surface area contributed by atoms with E-state index >= 15 is 0 Å². The van der Waals surface area contributed by atoms with Gasteiger partial charge in [0.15, 0.2) is 5.78 Å². The third-order valence-electron chi connectivity index (χ3n) is 3.28. The van der Waals surface area contributed by atoms with E-state index < -0.39 is 5.97 Å². The molecular formula is C18H17ClO3. The Kier molecular flexibility index (Phi) is 5.73. The minimum Gasteiger partial charge on any atom is -0.462 e. The number of benzene rings is 2. The molecule has 2 rings (SSSR count). The molecule has 0 aliphatic heterocycles. The predicted octanol–water partition coefficient (Wildman–Crippen LogP) is 4.33. The largest absolute Gasteiger partial charge is 0.462 e. The summed E-state index contributed by atoms with van der Waals surface area (Å²) in [5.74, 6) is -0.531. The van der Waals surface area contributed by atoms with Gasteiger partial charge in [-0.15, -0.1) is 0 Å². The van der Waals surface area contributed by atoms with Gasteiger partial charge in [-0.05, 0) is 37.1 Å². The summed E-state index contributed by atoms with van der Waals surface area (Å²) in [6.07, 6.45) is 0.936. The molecule has 2 aromatic carbocycles. The number of hydrogen-bond donors (Lipinski definition) is 0. The number of ether oxygens (including phenoxy) is 1. The molecule has 0 aliphatic rings. The molecule has 22 heavy (non-hydrogen) atoms. The highest BCUT2D eigenvalue weighted by Crippen LogP contribution is 2.16. The molecule has 0 fully saturated rings.